The van der Waals surface area contributed by atoms with Gasteiger partial charge in [0.05, 0.1) is 23.2 Å². The normalized spacial score (nSPS) is 12.5. The standard InChI is InChI=1S/C21H13F8N3O/c22-19(23,10-32-18(33)14-3-1-2-4-15(14)20(24,25)26)16-6-5-12(7-17(16)21(27,28)29)13-8-30-11-31-9-13/h1-9,11H,10H2,(H,32,33). The van der Waals surface area contributed by atoms with Crippen molar-refractivity contribution in [3.8, 4) is 11.1 Å². The van der Waals surface area contributed by atoms with Gasteiger partial charge >= 0.3 is 12.4 Å². The first-order valence-corrected chi connectivity index (χ1v) is 9.10. The van der Waals surface area contributed by atoms with Crippen LogP contribution in [0.5, 0.6) is 0 Å². The average Bonchev–Trinajstić information content (AvgIpc) is 2.76. The molecule has 2 aromatic carbocycles. The number of carbonyl (C=O) groups is 1. The molecule has 0 unspecified atom stereocenters. The molecule has 0 atom stereocenters. The number of rotatable bonds is 5. The van der Waals surface area contributed by atoms with Crippen LogP contribution >= 0.6 is 0 Å². The van der Waals surface area contributed by atoms with Crippen molar-refractivity contribution in [2.45, 2.75) is 18.3 Å². The van der Waals surface area contributed by atoms with Gasteiger partial charge in [0.2, 0.25) is 0 Å². The molecule has 0 bridgehead atoms. The summed E-state index contributed by atoms with van der Waals surface area (Å²) < 4.78 is 109. The van der Waals surface area contributed by atoms with Crippen molar-refractivity contribution in [3.63, 3.8) is 0 Å². The van der Waals surface area contributed by atoms with Crippen LogP contribution in [0.2, 0.25) is 0 Å². The second-order valence-electron chi connectivity index (χ2n) is 6.82. The van der Waals surface area contributed by atoms with Crippen LogP contribution in [0.4, 0.5) is 35.1 Å². The fourth-order valence-corrected chi connectivity index (χ4v) is 3.04. The van der Waals surface area contributed by atoms with Gasteiger partial charge in [-0.3, -0.25) is 4.79 Å². The van der Waals surface area contributed by atoms with E-state index in [0.717, 1.165) is 30.6 Å². The van der Waals surface area contributed by atoms with Crippen molar-refractivity contribution in [2.75, 3.05) is 6.54 Å². The highest BCUT2D eigenvalue weighted by molar-refractivity contribution is 5.95. The van der Waals surface area contributed by atoms with Crippen molar-refractivity contribution in [1.29, 1.82) is 0 Å². The minimum atomic E-state index is -5.18. The molecule has 0 saturated carbocycles. The van der Waals surface area contributed by atoms with Crippen molar-refractivity contribution >= 4 is 5.91 Å². The van der Waals surface area contributed by atoms with Crippen molar-refractivity contribution in [2.24, 2.45) is 0 Å². The molecule has 174 valence electrons. The third-order valence-electron chi connectivity index (χ3n) is 4.56. The lowest BCUT2D eigenvalue weighted by atomic mass is 9.96. The van der Waals surface area contributed by atoms with Gasteiger partial charge in [0.15, 0.2) is 0 Å². The van der Waals surface area contributed by atoms with Gasteiger partial charge in [-0.2, -0.15) is 35.1 Å². The molecule has 12 heteroatoms. The monoisotopic (exact) mass is 475 g/mol. The van der Waals surface area contributed by atoms with E-state index in [1.165, 1.54) is 12.4 Å². The Morgan fingerprint density at radius 1 is 0.758 bits per heavy atom. The van der Waals surface area contributed by atoms with Crippen LogP contribution in [0.15, 0.2) is 61.2 Å². The van der Waals surface area contributed by atoms with Crippen LogP contribution in [0.3, 0.4) is 0 Å². The summed E-state index contributed by atoms with van der Waals surface area (Å²) in [5, 5.41) is 1.60. The minimum Gasteiger partial charge on any atom is -0.346 e. The number of amides is 1. The van der Waals surface area contributed by atoms with Crippen LogP contribution in [-0.2, 0) is 18.3 Å². The Balaban J connectivity index is 1.91. The Morgan fingerprint density at radius 3 is 1.97 bits per heavy atom. The fourth-order valence-electron chi connectivity index (χ4n) is 3.04. The predicted octanol–water partition coefficient (Wildman–Crippen LogP) is 5.70. The Hall–Kier alpha value is -3.57. The SMILES string of the molecule is O=C(NCC(F)(F)c1ccc(-c2cncnc2)cc1C(F)(F)F)c1ccccc1C(F)(F)F. The maximum absolute atomic E-state index is 14.7. The Kier molecular flexibility index (Phi) is 6.39. The second-order valence-corrected chi connectivity index (χ2v) is 6.82. The first-order valence-electron chi connectivity index (χ1n) is 9.10. The van der Waals surface area contributed by atoms with E-state index in [2.05, 4.69) is 9.97 Å². The molecular formula is C21H13F8N3O. The molecule has 1 aromatic heterocycles. The third-order valence-corrected chi connectivity index (χ3v) is 4.56. The molecule has 0 fully saturated rings. The minimum absolute atomic E-state index is 0.0781. The van der Waals surface area contributed by atoms with Gasteiger partial charge in [0.25, 0.3) is 11.8 Å². The summed E-state index contributed by atoms with van der Waals surface area (Å²) in [6.45, 7) is -1.66. The summed E-state index contributed by atoms with van der Waals surface area (Å²) in [5.74, 6) is -5.76. The average molecular weight is 475 g/mol. The van der Waals surface area contributed by atoms with E-state index in [1.807, 2.05) is 0 Å². The van der Waals surface area contributed by atoms with Crippen molar-refractivity contribution in [3.05, 3.63) is 83.4 Å². The third kappa shape index (κ3) is 5.44. The van der Waals surface area contributed by atoms with Gasteiger partial charge in [0.1, 0.15) is 6.33 Å². The molecule has 0 aliphatic rings. The summed E-state index contributed by atoms with van der Waals surface area (Å²) in [5.41, 5.74) is -5.34. The molecule has 0 aliphatic heterocycles. The Labute approximate surface area is 181 Å². The van der Waals surface area contributed by atoms with Crippen LogP contribution in [-0.4, -0.2) is 22.4 Å². The number of aromatic nitrogens is 2. The zero-order valence-corrected chi connectivity index (χ0v) is 16.3. The molecule has 3 aromatic rings. The number of nitrogens with zero attached hydrogens (tertiary/aromatic N) is 2. The number of nitrogens with one attached hydrogen (secondary N) is 1. The molecule has 3 rings (SSSR count). The summed E-state index contributed by atoms with van der Waals surface area (Å²) in [4.78, 5) is 19.4. The number of alkyl halides is 8. The van der Waals surface area contributed by atoms with E-state index in [4.69, 9.17) is 0 Å². The quantitative estimate of drug-likeness (QED) is 0.482. The molecule has 1 N–H and O–H groups in total. The van der Waals surface area contributed by atoms with Gasteiger partial charge in [0, 0.05) is 23.5 Å². The maximum Gasteiger partial charge on any atom is 0.417 e. The molecule has 0 radical (unpaired) electrons. The zero-order valence-electron chi connectivity index (χ0n) is 16.3. The largest absolute Gasteiger partial charge is 0.417 e. The lowest BCUT2D eigenvalue weighted by Crippen LogP contribution is -2.37. The zero-order chi connectivity index (χ0) is 24.4. The number of carbonyl (C=O) groups excluding carboxylic acids is 1. The molecule has 0 spiro atoms. The lowest BCUT2D eigenvalue weighted by molar-refractivity contribution is -0.142. The molecule has 4 nitrogen and oxygen atoms in total. The Morgan fingerprint density at radius 2 is 1.36 bits per heavy atom. The summed E-state index contributed by atoms with van der Waals surface area (Å²) in [7, 11) is 0. The molecule has 33 heavy (non-hydrogen) atoms. The van der Waals surface area contributed by atoms with Crippen LogP contribution < -0.4 is 5.32 Å². The predicted molar refractivity (Wildman–Crippen MR) is 100 cm³/mol. The molecule has 1 amide bonds. The molecule has 1 heterocycles. The van der Waals surface area contributed by atoms with Gasteiger partial charge in [-0.05, 0) is 23.8 Å². The van der Waals surface area contributed by atoms with Gasteiger partial charge in [-0.1, -0.05) is 24.3 Å². The van der Waals surface area contributed by atoms with Gasteiger partial charge in [-0.25, -0.2) is 9.97 Å². The lowest BCUT2D eigenvalue weighted by Gasteiger charge is -2.23. The number of halogens is 8. The highest BCUT2D eigenvalue weighted by atomic mass is 19.4. The van der Waals surface area contributed by atoms with E-state index in [1.54, 1.807) is 5.32 Å². The molecular weight excluding hydrogens is 462 g/mol. The topological polar surface area (TPSA) is 54.9 Å². The number of benzene rings is 2. The smallest absolute Gasteiger partial charge is 0.346 e. The molecule has 0 aliphatic carbocycles. The van der Waals surface area contributed by atoms with Gasteiger partial charge in [-0.15, -0.1) is 0 Å². The van der Waals surface area contributed by atoms with Crippen LogP contribution in [0, 0.1) is 0 Å². The number of hydrogen-bond acceptors (Lipinski definition) is 3. The first kappa shape index (κ1) is 24.1. The van der Waals surface area contributed by atoms with Crippen LogP contribution in [0.25, 0.3) is 11.1 Å². The summed E-state index contributed by atoms with van der Waals surface area (Å²) >= 11 is 0. The molecule has 0 saturated heterocycles. The highest BCUT2D eigenvalue weighted by Gasteiger charge is 2.43. The van der Waals surface area contributed by atoms with E-state index >= 15 is 0 Å². The van der Waals surface area contributed by atoms with E-state index in [-0.39, 0.29) is 11.1 Å². The van der Waals surface area contributed by atoms with Gasteiger partial charge < -0.3 is 5.32 Å². The summed E-state index contributed by atoms with van der Waals surface area (Å²) in [6.07, 6.45) is -6.60. The van der Waals surface area contributed by atoms with Crippen LogP contribution in [0.1, 0.15) is 27.0 Å². The van der Waals surface area contributed by atoms with Crippen molar-refractivity contribution in [1.82, 2.24) is 15.3 Å². The summed E-state index contributed by atoms with van der Waals surface area (Å²) in [6, 6.07) is 5.48. The van der Waals surface area contributed by atoms with E-state index in [9.17, 15) is 39.9 Å². The second kappa shape index (κ2) is 8.75. The van der Waals surface area contributed by atoms with E-state index in [0.29, 0.717) is 18.2 Å². The highest BCUT2D eigenvalue weighted by Crippen LogP contribution is 2.41. The van der Waals surface area contributed by atoms with Crippen molar-refractivity contribution < 1.29 is 39.9 Å². The first-order chi connectivity index (χ1) is 15.3. The maximum atomic E-state index is 14.7. The fraction of sp³-hybridized carbons (Fsp3) is 0.190. The Bertz CT molecular complexity index is 1140. The number of hydrogen-bond donors (Lipinski definition) is 1. The van der Waals surface area contributed by atoms with E-state index < -0.39 is 53.0 Å².